The minimum atomic E-state index is -0.197. The zero-order valence-electron chi connectivity index (χ0n) is 14.7. The molecule has 3 rings (SSSR count). The molecule has 1 aliphatic heterocycles. The molecule has 1 atom stereocenters. The standard InChI is InChI=1S/C16H24N6OS/c1-5-20-6-8-21(9-7-20)14(23)13(4)24-16-18-15-17-11(2)10-12(3)22(15)19-16/h10,13H,5-9H2,1-4H3/t13-/m0/s1. The Morgan fingerprint density at radius 3 is 2.62 bits per heavy atom. The maximum Gasteiger partial charge on any atom is 0.253 e. The molecule has 0 aromatic carbocycles. The number of aromatic nitrogens is 4. The monoisotopic (exact) mass is 348 g/mol. The Kier molecular flexibility index (Phi) is 5.05. The lowest BCUT2D eigenvalue weighted by Crippen LogP contribution is -2.50. The lowest BCUT2D eigenvalue weighted by molar-refractivity contribution is -0.132. The van der Waals surface area contributed by atoms with Gasteiger partial charge in [0.25, 0.3) is 5.78 Å². The summed E-state index contributed by atoms with van der Waals surface area (Å²) in [6.07, 6.45) is 0. The third-order valence-electron chi connectivity index (χ3n) is 4.36. The van der Waals surface area contributed by atoms with Crippen LogP contribution in [0.25, 0.3) is 5.78 Å². The van der Waals surface area contributed by atoms with Crippen LogP contribution in [0.1, 0.15) is 25.2 Å². The summed E-state index contributed by atoms with van der Waals surface area (Å²) in [4.78, 5) is 25.8. The van der Waals surface area contributed by atoms with Crippen molar-refractivity contribution in [2.24, 2.45) is 0 Å². The molecule has 0 N–H and O–H groups in total. The van der Waals surface area contributed by atoms with Crippen LogP contribution in [0.15, 0.2) is 11.2 Å². The Labute approximate surface area is 146 Å². The topological polar surface area (TPSA) is 66.6 Å². The molecule has 24 heavy (non-hydrogen) atoms. The second-order valence-corrected chi connectivity index (χ2v) is 7.47. The van der Waals surface area contributed by atoms with E-state index >= 15 is 0 Å². The Morgan fingerprint density at radius 1 is 1.25 bits per heavy atom. The Hall–Kier alpha value is -1.67. The molecule has 7 nitrogen and oxygen atoms in total. The molecule has 2 aromatic rings. The van der Waals surface area contributed by atoms with Crippen molar-refractivity contribution in [1.82, 2.24) is 29.4 Å². The molecule has 1 amide bonds. The molecule has 1 aliphatic rings. The summed E-state index contributed by atoms with van der Waals surface area (Å²) >= 11 is 1.40. The van der Waals surface area contributed by atoms with Gasteiger partial charge in [0.1, 0.15) is 0 Å². The summed E-state index contributed by atoms with van der Waals surface area (Å²) in [5, 5.41) is 4.88. The van der Waals surface area contributed by atoms with Crippen molar-refractivity contribution in [3.05, 3.63) is 17.5 Å². The molecule has 3 heterocycles. The van der Waals surface area contributed by atoms with Crippen LogP contribution in [0, 0.1) is 13.8 Å². The minimum Gasteiger partial charge on any atom is -0.339 e. The largest absolute Gasteiger partial charge is 0.339 e. The van der Waals surface area contributed by atoms with E-state index < -0.39 is 0 Å². The second kappa shape index (κ2) is 7.06. The van der Waals surface area contributed by atoms with E-state index in [1.54, 1.807) is 4.52 Å². The molecule has 0 saturated carbocycles. The highest BCUT2D eigenvalue weighted by Gasteiger charge is 2.26. The van der Waals surface area contributed by atoms with Crippen molar-refractivity contribution >= 4 is 23.4 Å². The fourth-order valence-corrected chi connectivity index (χ4v) is 3.78. The number of nitrogens with zero attached hydrogens (tertiary/aromatic N) is 6. The normalized spacial score (nSPS) is 17.4. The molecule has 0 bridgehead atoms. The third-order valence-corrected chi connectivity index (χ3v) is 5.30. The molecule has 0 radical (unpaired) electrons. The highest BCUT2D eigenvalue weighted by molar-refractivity contribution is 8.00. The fourth-order valence-electron chi connectivity index (χ4n) is 2.95. The van der Waals surface area contributed by atoms with Gasteiger partial charge in [0.05, 0.1) is 5.25 Å². The number of piperazine rings is 1. The van der Waals surface area contributed by atoms with Gasteiger partial charge in [-0.3, -0.25) is 4.79 Å². The number of carbonyl (C=O) groups is 1. The van der Waals surface area contributed by atoms with Crippen LogP contribution >= 0.6 is 11.8 Å². The summed E-state index contributed by atoms with van der Waals surface area (Å²) in [5.41, 5.74) is 1.91. The molecule has 0 spiro atoms. The first-order chi connectivity index (χ1) is 11.5. The first-order valence-corrected chi connectivity index (χ1v) is 9.24. The highest BCUT2D eigenvalue weighted by Crippen LogP contribution is 2.22. The molecule has 8 heteroatoms. The molecule has 2 aromatic heterocycles. The van der Waals surface area contributed by atoms with E-state index in [-0.39, 0.29) is 11.2 Å². The van der Waals surface area contributed by atoms with E-state index in [2.05, 4.69) is 26.9 Å². The summed E-state index contributed by atoms with van der Waals surface area (Å²) in [6.45, 7) is 12.6. The maximum absolute atomic E-state index is 12.6. The second-order valence-electron chi connectivity index (χ2n) is 6.16. The van der Waals surface area contributed by atoms with Gasteiger partial charge in [0.15, 0.2) is 0 Å². The molecule has 0 aliphatic carbocycles. The van der Waals surface area contributed by atoms with Crippen LogP contribution in [-0.2, 0) is 4.79 Å². The zero-order chi connectivity index (χ0) is 17.3. The molecule has 1 fully saturated rings. The van der Waals surface area contributed by atoms with Crippen LogP contribution in [0.3, 0.4) is 0 Å². The van der Waals surface area contributed by atoms with Gasteiger partial charge in [-0.05, 0) is 33.4 Å². The van der Waals surface area contributed by atoms with Crippen molar-refractivity contribution in [1.29, 1.82) is 0 Å². The lowest BCUT2D eigenvalue weighted by Gasteiger charge is -2.35. The first-order valence-electron chi connectivity index (χ1n) is 8.36. The molecule has 1 saturated heterocycles. The number of aryl methyl sites for hydroxylation is 2. The van der Waals surface area contributed by atoms with Crippen LogP contribution in [0.4, 0.5) is 0 Å². The van der Waals surface area contributed by atoms with E-state index in [0.29, 0.717) is 10.9 Å². The molecule has 0 unspecified atom stereocenters. The van der Waals surface area contributed by atoms with E-state index in [4.69, 9.17) is 0 Å². The van der Waals surface area contributed by atoms with E-state index in [9.17, 15) is 4.79 Å². The fraction of sp³-hybridized carbons (Fsp3) is 0.625. The van der Waals surface area contributed by atoms with Gasteiger partial charge < -0.3 is 9.80 Å². The lowest BCUT2D eigenvalue weighted by atomic mass is 10.3. The number of carbonyl (C=O) groups excluding carboxylic acids is 1. The van der Waals surface area contributed by atoms with Gasteiger partial charge in [-0.25, -0.2) is 9.50 Å². The smallest absolute Gasteiger partial charge is 0.253 e. The molecule has 130 valence electrons. The summed E-state index contributed by atoms with van der Waals surface area (Å²) in [6, 6.07) is 1.97. The van der Waals surface area contributed by atoms with E-state index in [0.717, 1.165) is 44.1 Å². The van der Waals surface area contributed by atoms with Crippen molar-refractivity contribution in [2.45, 2.75) is 38.1 Å². The van der Waals surface area contributed by atoms with Crippen molar-refractivity contribution < 1.29 is 4.79 Å². The average molecular weight is 348 g/mol. The van der Waals surface area contributed by atoms with Crippen LogP contribution < -0.4 is 0 Å². The summed E-state index contributed by atoms with van der Waals surface area (Å²) < 4.78 is 1.73. The Balaban J connectivity index is 1.67. The zero-order valence-corrected chi connectivity index (χ0v) is 15.5. The van der Waals surface area contributed by atoms with Gasteiger partial charge >= 0.3 is 0 Å². The number of fused-ring (bicyclic) bond motifs is 1. The van der Waals surface area contributed by atoms with Crippen LogP contribution in [0.2, 0.25) is 0 Å². The number of rotatable bonds is 4. The molecular formula is C16H24N6OS. The summed E-state index contributed by atoms with van der Waals surface area (Å²) in [5.74, 6) is 0.752. The molecular weight excluding hydrogens is 324 g/mol. The van der Waals surface area contributed by atoms with Gasteiger partial charge in [-0.1, -0.05) is 18.7 Å². The predicted molar refractivity (Wildman–Crippen MR) is 94.3 cm³/mol. The van der Waals surface area contributed by atoms with Gasteiger partial charge in [-0.15, -0.1) is 5.10 Å². The number of thioether (sulfide) groups is 1. The minimum absolute atomic E-state index is 0.162. The quantitative estimate of drug-likeness (QED) is 0.778. The number of hydrogen-bond donors (Lipinski definition) is 0. The SMILES string of the molecule is CCN1CCN(C(=O)[C@H](C)Sc2nc3nc(C)cc(C)n3n2)CC1. The van der Waals surface area contributed by atoms with Crippen LogP contribution in [-0.4, -0.2) is 73.3 Å². The van der Waals surface area contributed by atoms with Crippen molar-refractivity contribution in [2.75, 3.05) is 32.7 Å². The highest BCUT2D eigenvalue weighted by atomic mass is 32.2. The van der Waals surface area contributed by atoms with Crippen LogP contribution in [0.5, 0.6) is 0 Å². The van der Waals surface area contributed by atoms with E-state index in [1.165, 1.54) is 11.8 Å². The Bertz CT molecular complexity index is 737. The van der Waals surface area contributed by atoms with Gasteiger partial charge in [0, 0.05) is 37.6 Å². The summed E-state index contributed by atoms with van der Waals surface area (Å²) in [7, 11) is 0. The van der Waals surface area contributed by atoms with E-state index in [1.807, 2.05) is 31.7 Å². The number of amides is 1. The first kappa shape index (κ1) is 17.2. The average Bonchev–Trinajstić information content (AvgIpc) is 2.96. The van der Waals surface area contributed by atoms with Gasteiger partial charge in [-0.2, -0.15) is 4.98 Å². The predicted octanol–water partition coefficient (Wildman–Crippen LogP) is 1.39. The third kappa shape index (κ3) is 3.54. The maximum atomic E-state index is 12.6. The number of hydrogen-bond acceptors (Lipinski definition) is 6. The Morgan fingerprint density at radius 2 is 1.96 bits per heavy atom. The van der Waals surface area contributed by atoms with Gasteiger partial charge in [0.2, 0.25) is 11.1 Å². The van der Waals surface area contributed by atoms with Crippen molar-refractivity contribution in [3.63, 3.8) is 0 Å². The number of likely N-dealkylation sites (N-methyl/N-ethyl adjacent to an activating group) is 1. The van der Waals surface area contributed by atoms with Crippen molar-refractivity contribution in [3.8, 4) is 0 Å².